The van der Waals surface area contributed by atoms with Crippen molar-refractivity contribution in [1.82, 2.24) is 4.90 Å². The van der Waals surface area contributed by atoms with Crippen LogP contribution >= 0.6 is 23.4 Å². The van der Waals surface area contributed by atoms with E-state index in [2.05, 4.69) is 4.74 Å². The second-order valence-electron chi connectivity index (χ2n) is 4.10. The molecular weight excluding hydrogens is 322 g/mol. The fourth-order valence-corrected chi connectivity index (χ4v) is 2.61. The van der Waals surface area contributed by atoms with Gasteiger partial charge < -0.3 is 9.47 Å². The van der Waals surface area contributed by atoms with Gasteiger partial charge in [0.2, 0.25) is 0 Å². The lowest BCUT2D eigenvalue weighted by atomic mass is 10.2. The van der Waals surface area contributed by atoms with Gasteiger partial charge in [0.25, 0.3) is 0 Å². The number of halogens is 1. The molecule has 1 unspecified atom stereocenters. The number of ketones is 2. The van der Waals surface area contributed by atoms with Crippen molar-refractivity contribution in [3.63, 3.8) is 0 Å². The zero-order chi connectivity index (χ0) is 16.0. The predicted octanol–water partition coefficient (Wildman–Crippen LogP) is 0.314. The summed E-state index contributed by atoms with van der Waals surface area (Å²) in [5, 5.41) is 0.726. The van der Waals surface area contributed by atoms with Gasteiger partial charge in [-0.15, -0.1) is 11.8 Å². The monoisotopic (exact) mass is 335 g/mol. The number of likely N-dealkylation sites (tertiary alicyclic amines) is 1. The van der Waals surface area contributed by atoms with Crippen LogP contribution in [0.1, 0.15) is 6.92 Å². The van der Waals surface area contributed by atoms with Crippen LogP contribution in [0.25, 0.3) is 0 Å². The summed E-state index contributed by atoms with van der Waals surface area (Å²) >= 11 is 6.93. The SMILES string of the molecule is COC(=O)C=CS[C@H]1C(=O)CN1C(Cl)C(=O)OCC(C)=O. The molecule has 0 aromatic carbocycles. The summed E-state index contributed by atoms with van der Waals surface area (Å²) in [6, 6.07) is 0. The lowest BCUT2D eigenvalue weighted by Gasteiger charge is -2.39. The van der Waals surface area contributed by atoms with Gasteiger partial charge in [0, 0.05) is 6.08 Å². The molecule has 1 aliphatic heterocycles. The van der Waals surface area contributed by atoms with E-state index >= 15 is 0 Å². The van der Waals surface area contributed by atoms with Gasteiger partial charge >= 0.3 is 11.9 Å². The third-order valence-electron chi connectivity index (χ3n) is 2.43. The van der Waals surface area contributed by atoms with Crippen LogP contribution in [0, 0.1) is 0 Å². The number of carbonyl (C=O) groups is 4. The zero-order valence-electron chi connectivity index (χ0n) is 11.4. The number of nitrogens with zero attached hydrogens (tertiary/aromatic N) is 1. The van der Waals surface area contributed by atoms with Crippen molar-refractivity contribution in [2.75, 3.05) is 20.3 Å². The number of hydrogen-bond donors (Lipinski definition) is 0. The lowest BCUT2D eigenvalue weighted by molar-refractivity contribution is -0.153. The number of rotatable bonds is 7. The molecule has 0 spiro atoms. The molecule has 9 heteroatoms. The summed E-state index contributed by atoms with van der Waals surface area (Å²) in [7, 11) is 1.23. The van der Waals surface area contributed by atoms with Gasteiger partial charge in [0.05, 0.1) is 13.7 Å². The van der Waals surface area contributed by atoms with Crippen LogP contribution in [0.4, 0.5) is 0 Å². The third-order valence-corrected chi connectivity index (χ3v) is 3.94. The van der Waals surface area contributed by atoms with Crippen molar-refractivity contribution in [3.05, 3.63) is 11.5 Å². The fraction of sp³-hybridized carbons (Fsp3) is 0.500. The molecular formula is C12H14ClNO6S. The summed E-state index contributed by atoms with van der Waals surface area (Å²) in [5.41, 5.74) is -1.16. The van der Waals surface area contributed by atoms with E-state index in [-0.39, 0.29) is 24.7 Å². The zero-order valence-corrected chi connectivity index (χ0v) is 13.0. The highest BCUT2D eigenvalue weighted by atomic mass is 35.5. The molecule has 0 radical (unpaired) electrons. The van der Waals surface area contributed by atoms with Crippen LogP contribution in [0.15, 0.2) is 11.5 Å². The molecule has 0 amide bonds. The van der Waals surface area contributed by atoms with Gasteiger partial charge in [-0.25, -0.2) is 9.59 Å². The van der Waals surface area contributed by atoms with E-state index in [1.165, 1.54) is 24.3 Å². The van der Waals surface area contributed by atoms with E-state index in [1.54, 1.807) is 0 Å². The van der Waals surface area contributed by atoms with Crippen LogP contribution in [-0.2, 0) is 28.7 Å². The standard InChI is InChI=1S/C12H14ClNO6S/c1-7(15)6-20-12(18)10(13)14-5-8(16)11(14)21-4-3-9(17)19-2/h3-4,10-11H,5-6H2,1-2H3/t10?,11-/m0/s1. The number of Topliss-reactive ketones (excluding diaryl/α,β-unsaturated/α-hetero) is 2. The normalized spacial score (nSPS) is 20.0. The van der Waals surface area contributed by atoms with Crippen LogP contribution in [0.3, 0.4) is 0 Å². The molecule has 7 nitrogen and oxygen atoms in total. The summed E-state index contributed by atoms with van der Waals surface area (Å²) in [6.45, 7) is 0.927. The number of alkyl halides is 1. The third kappa shape index (κ3) is 5.14. The largest absolute Gasteiger partial charge is 0.466 e. The van der Waals surface area contributed by atoms with Crippen LogP contribution in [0.5, 0.6) is 0 Å². The van der Waals surface area contributed by atoms with Crippen molar-refractivity contribution in [2.45, 2.75) is 17.8 Å². The Labute approximate surface area is 130 Å². The van der Waals surface area contributed by atoms with E-state index in [4.69, 9.17) is 16.3 Å². The topological polar surface area (TPSA) is 90.0 Å². The highest BCUT2D eigenvalue weighted by Crippen LogP contribution is 2.30. The number of thioether (sulfide) groups is 1. The molecule has 2 atom stereocenters. The Balaban J connectivity index is 2.52. The first-order valence-electron chi connectivity index (χ1n) is 5.85. The summed E-state index contributed by atoms with van der Waals surface area (Å²) < 4.78 is 9.10. The second-order valence-corrected chi connectivity index (χ2v) is 5.50. The molecule has 1 aliphatic rings. The number of hydrogen-bond acceptors (Lipinski definition) is 8. The Bertz CT molecular complexity index is 480. The number of esters is 2. The van der Waals surface area contributed by atoms with Crippen molar-refractivity contribution in [2.24, 2.45) is 0 Å². The summed E-state index contributed by atoms with van der Waals surface area (Å²) in [4.78, 5) is 46.1. The summed E-state index contributed by atoms with van der Waals surface area (Å²) in [6.07, 6.45) is 1.16. The first-order valence-corrected chi connectivity index (χ1v) is 7.23. The number of carbonyl (C=O) groups excluding carboxylic acids is 4. The van der Waals surface area contributed by atoms with Gasteiger partial charge in [-0.3, -0.25) is 14.5 Å². The minimum absolute atomic E-state index is 0.00701. The Morgan fingerprint density at radius 3 is 2.71 bits per heavy atom. The molecule has 1 fully saturated rings. The Morgan fingerprint density at radius 1 is 1.52 bits per heavy atom. The fourth-order valence-electron chi connectivity index (χ4n) is 1.38. The molecule has 0 aromatic rings. The van der Waals surface area contributed by atoms with E-state index in [1.807, 2.05) is 0 Å². The van der Waals surface area contributed by atoms with Crippen molar-refractivity contribution < 1.29 is 28.7 Å². The van der Waals surface area contributed by atoms with E-state index < -0.39 is 22.8 Å². The van der Waals surface area contributed by atoms with Crippen molar-refractivity contribution in [1.29, 1.82) is 0 Å². The van der Waals surface area contributed by atoms with Gasteiger partial charge in [-0.1, -0.05) is 11.6 Å². The van der Waals surface area contributed by atoms with Crippen LogP contribution in [0.2, 0.25) is 0 Å². The minimum atomic E-state index is -1.16. The molecule has 21 heavy (non-hydrogen) atoms. The minimum Gasteiger partial charge on any atom is -0.466 e. The van der Waals surface area contributed by atoms with Crippen molar-refractivity contribution >= 4 is 46.9 Å². The average molecular weight is 336 g/mol. The van der Waals surface area contributed by atoms with E-state index in [0.29, 0.717) is 0 Å². The van der Waals surface area contributed by atoms with Crippen LogP contribution in [-0.4, -0.2) is 59.5 Å². The van der Waals surface area contributed by atoms with E-state index in [9.17, 15) is 19.2 Å². The Hall–Kier alpha value is -1.38. The molecule has 1 saturated heterocycles. The molecule has 116 valence electrons. The van der Waals surface area contributed by atoms with Gasteiger partial charge in [-0.2, -0.15) is 0 Å². The highest BCUT2D eigenvalue weighted by Gasteiger charge is 2.44. The first kappa shape index (κ1) is 17.7. The number of methoxy groups -OCH3 is 1. The molecule has 0 saturated carbocycles. The molecule has 1 heterocycles. The van der Waals surface area contributed by atoms with Crippen LogP contribution < -0.4 is 0 Å². The molecule has 0 aromatic heterocycles. The van der Waals surface area contributed by atoms with Crippen molar-refractivity contribution in [3.8, 4) is 0 Å². The predicted molar refractivity (Wildman–Crippen MR) is 75.5 cm³/mol. The van der Waals surface area contributed by atoms with Gasteiger partial charge in [0.1, 0.15) is 12.0 Å². The lowest BCUT2D eigenvalue weighted by Crippen LogP contribution is -2.59. The average Bonchev–Trinajstić information content (AvgIpc) is 2.45. The highest BCUT2D eigenvalue weighted by molar-refractivity contribution is 8.03. The smallest absolute Gasteiger partial charge is 0.339 e. The second kappa shape index (κ2) is 8.16. The summed E-state index contributed by atoms with van der Waals surface area (Å²) in [5.74, 6) is -1.77. The quantitative estimate of drug-likeness (QED) is 0.284. The van der Waals surface area contributed by atoms with Gasteiger partial charge in [-0.05, 0) is 12.3 Å². The molecule has 1 rings (SSSR count). The van der Waals surface area contributed by atoms with E-state index in [0.717, 1.165) is 17.8 Å². The maximum atomic E-state index is 11.6. The number of ether oxygens (including phenoxy) is 2. The Kier molecular flexibility index (Phi) is 6.86. The first-order chi connectivity index (χ1) is 9.86. The maximum absolute atomic E-state index is 11.6. The molecule has 0 bridgehead atoms. The molecule has 0 N–H and O–H groups in total. The van der Waals surface area contributed by atoms with Gasteiger partial charge in [0.15, 0.2) is 17.1 Å². The Morgan fingerprint density at radius 2 is 2.19 bits per heavy atom. The maximum Gasteiger partial charge on any atom is 0.339 e. The molecule has 0 aliphatic carbocycles.